The Morgan fingerprint density at radius 2 is 1.58 bits per heavy atom. The molecule has 1 aromatic carbocycles. The van der Waals surface area contributed by atoms with Gasteiger partial charge in [0.2, 0.25) is 0 Å². The van der Waals surface area contributed by atoms with E-state index in [2.05, 4.69) is 4.90 Å². The summed E-state index contributed by atoms with van der Waals surface area (Å²) in [6.07, 6.45) is -4.84. The summed E-state index contributed by atoms with van der Waals surface area (Å²) in [7, 11) is 5.32. The Morgan fingerprint density at radius 3 is 2.20 bits per heavy atom. The van der Waals surface area contributed by atoms with Gasteiger partial charge in [-0.25, -0.2) is 0 Å². The second kappa shape index (κ2) is 23.8. The molecule has 374 valence electrons. The van der Waals surface area contributed by atoms with Crippen molar-refractivity contribution in [2.45, 2.75) is 211 Å². The zero-order valence-electron chi connectivity index (χ0n) is 41.7. The minimum absolute atomic E-state index is 0.199. The molecule has 15 heteroatoms. The molecule has 1 unspecified atom stereocenters. The molecule has 3 saturated heterocycles. The maximum absolute atomic E-state index is 14.7. The SMILES string of the molecule is CC[C@H]1OC(=O)[C@H](C)[C@@H](C2C[C@@](C)(OC)[C@@H](O)[C@H](C)O2)[C@H](C)[C@@H](O[C@@H]2O[C@H](C)C[C@H](N(C)C)[C@H]2O)[C@](C)(O)C[C@@H](C)CN(CCCCCC(=O)OCc2ccccc2)[C@H](C)[C@@H](O)[C@]1(C)O. The number of esters is 2. The lowest BCUT2D eigenvalue weighted by molar-refractivity contribution is -0.302. The fraction of sp³-hybridized carbons (Fsp3) is 0.840. The number of ether oxygens (including phenoxy) is 6. The highest BCUT2D eigenvalue weighted by Gasteiger charge is 2.55. The van der Waals surface area contributed by atoms with E-state index in [1.165, 1.54) is 14.0 Å². The Hall–Kier alpha value is -2.28. The molecular formula is C50H86N2O13. The predicted octanol–water partition coefficient (Wildman–Crippen LogP) is 4.85. The van der Waals surface area contributed by atoms with Crippen molar-refractivity contribution in [1.29, 1.82) is 0 Å². The number of aliphatic hydroxyl groups is 5. The van der Waals surface area contributed by atoms with E-state index in [9.17, 15) is 35.1 Å². The van der Waals surface area contributed by atoms with Gasteiger partial charge in [0.05, 0.1) is 41.5 Å². The average Bonchev–Trinajstić information content (AvgIpc) is 3.25. The van der Waals surface area contributed by atoms with Crippen molar-refractivity contribution >= 4 is 11.9 Å². The number of hydrogen-bond acceptors (Lipinski definition) is 15. The molecule has 18 atom stereocenters. The molecule has 15 nitrogen and oxygen atoms in total. The van der Waals surface area contributed by atoms with E-state index in [0.717, 1.165) is 5.56 Å². The minimum Gasteiger partial charge on any atom is -0.461 e. The molecule has 0 spiro atoms. The van der Waals surface area contributed by atoms with Gasteiger partial charge in [-0.3, -0.25) is 14.5 Å². The lowest BCUT2D eigenvalue weighted by Crippen LogP contribution is -2.61. The Bertz CT molecular complexity index is 1620. The molecule has 0 aliphatic carbocycles. The number of aliphatic hydroxyl groups excluding tert-OH is 3. The molecule has 1 aromatic rings. The van der Waals surface area contributed by atoms with Crippen LogP contribution in [0.2, 0.25) is 0 Å². The summed E-state index contributed by atoms with van der Waals surface area (Å²) in [4.78, 5) is 31.3. The summed E-state index contributed by atoms with van der Waals surface area (Å²) in [6, 6.07) is 8.63. The molecule has 65 heavy (non-hydrogen) atoms. The van der Waals surface area contributed by atoms with E-state index < -0.39 is 95.6 Å². The number of cyclic esters (lactones) is 1. The lowest BCUT2D eigenvalue weighted by Gasteiger charge is -2.51. The second-order valence-electron chi connectivity index (χ2n) is 20.8. The highest BCUT2D eigenvalue weighted by Crippen LogP contribution is 2.45. The van der Waals surface area contributed by atoms with Gasteiger partial charge in [-0.2, -0.15) is 0 Å². The second-order valence-corrected chi connectivity index (χ2v) is 20.8. The third-order valence-electron chi connectivity index (χ3n) is 15.0. The molecule has 0 aromatic heterocycles. The van der Waals surface area contributed by atoms with Gasteiger partial charge in [0, 0.05) is 44.5 Å². The number of carbonyl (C=O) groups is 2. The summed E-state index contributed by atoms with van der Waals surface area (Å²) >= 11 is 0. The highest BCUT2D eigenvalue weighted by molar-refractivity contribution is 5.73. The first kappa shape index (κ1) is 55.3. The van der Waals surface area contributed by atoms with Crippen LogP contribution in [0, 0.1) is 23.7 Å². The number of carbonyl (C=O) groups excluding carboxylic acids is 2. The van der Waals surface area contributed by atoms with Gasteiger partial charge in [-0.15, -0.1) is 0 Å². The molecule has 3 aliphatic rings. The van der Waals surface area contributed by atoms with Gasteiger partial charge >= 0.3 is 11.9 Å². The van der Waals surface area contributed by atoms with Crippen molar-refractivity contribution in [2.24, 2.45) is 23.7 Å². The smallest absolute Gasteiger partial charge is 0.309 e. The fourth-order valence-electron chi connectivity index (χ4n) is 11.0. The van der Waals surface area contributed by atoms with Gasteiger partial charge in [0.1, 0.15) is 36.6 Å². The van der Waals surface area contributed by atoms with Crippen molar-refractivity contribution < 1.29 is 63.5 Å². The van der Waals surface area contributed by atoms with Gasteiger partial charge in [-0.1, -0.05) is 64.4 Å². The normalized spacial score (nSPS) is 41.9. The zero-order chi connectivity index (χ0) is 48.6. The summed E-state index contributed by atoms with van der Waals surface area (Å²) in [6.45, 7) is 19.2. The number of methoxy groups -OCH3 is 1. The molecule has 0 saturated carbocycles. The largest absolute Gasteiger partial charge is 0.461 e. The molecule has 3 fully saturated rings. The molecule has 3 aliphatic heterocycles. The van der Waals surface area contributed by atoms with Crippen LogP contribution in [-0.2, 0) is 44.6 Å². The van der Waals surface area contributed by atoms with Crippen molar-refractivity contribution in [2.75, 3.05) is 34.3 Å². The van der Waals surface area contributed by atoms with E-state index in [1.54, 1.807) is 27.7 Å². The predicted molar refractivity (Wildman–Crippen MR) is 246 cm³/mol. The Morgan fingerprint density at radius 1 is 0.923 bits per heavy atom. The average molecular weight is 923 g/mol. The van der Waals surface area contributed by atoms with E-state index in [4.69, 9.17) is 28.4 Å². The number of unbranched alkanes of at least 4 members (excludes halogenated alkanes) is 2. The van der Waals surface area contributed by atoms with Crippen molar-refractivity contribution in [3.05, 3.63) is 35.9 Å². The van der Waals surface area contributed by atoms with Crippen molar-refractivity contribution in [3.63, 3.8) is 0 Å². The summed E-state index contributed by atoms with van der Waals surface area (Å²) in [5.41, 5.74) is -3.58. The van der Waals surface area contributed by atoms with Crippen LogP contribution in [0.3, 0.4) is 0 Å². The summed E-state index contributed by atoms with van der Waals surface area (Å²) < 4.78 is 37.5. The van der Waals surface area contributed by atoms with Crippen molar-refractivity contribution in [3.8, 4) is 0 Å². The standard InChI is InChI=1S/C50H86N2O13/c1-14-39-50(10,59)43(55)34(6)52(24-20-16-19-23-40(53)61-29-36-21-17-15-18-22-36)28-30(2)26-48(8,58)45(65-47-42(54)37(51(11)12)25-31(3)62-47)32(4)41(33(5)46(57)64-39)38-27-49(9,60-13)44(56)35(7)63-38/h15,17-18,21-22,30-35,37-39,41-45,47,54-56,58-59H,14,16,19-20,23-29H2,1-13H3/t30-,31-,32+,33-,34-,35+,37+,38?,39-,41+,42-,43-,44+,45-,47+,48-,49-,50-/m1/s1. The van der Waals surface area contributed by atoms with Crippen LogP contribution in [-0.4, -0.2) is 166 Å². The number of benzene rings is 1. The van der Waals surface area contributed by atoms with Crippen LogP contribution in [0.15, 0.2) is 30.3 Å². The number of nitrogens with zero attached hydrogens (tertiary/aromatic N) is 2. The molecule has 4 rings (SSSR count). The Kier molecular flexibility index (Phi) is 20.3. The first-order valence-corrected chi connectivity index (χ1v) is 24.2. The molecule has 0 amide bonds. The number of likely N-dealkylation sites (N-methyl/N-ethyl adjacent to an activating group) is 1. The van der Waals surface area contributed by atoms with Crippen LogP contribution in [0.25, 0.3) is 0 Å². The van der Waals surface area contributed by atoms with Crippen LogP contribution in [0.1, 0.15) is 126 Å². The lowest BCUT2D eigenvalue weighted by atomic mass is 9.68. The van der Waals surface area contributed by atoms with Crippen LogP contribution < -0.4 is 0 Å². The molecule has 5 N–H and O–H groups in total. The van der Waals surface area contributed by atoms with Gasteiger partial charge in [0.25, 0.3) is 0 Å². The molecule has 0 radical (unpaired) electrons. The minimum atomic E-state index is -1.87. The summed E-state index contributed by atoms with van der Waals surface area (Å²) in [5, 5.41) is 60.2. The quantitative estimate of drug-likeness (QED) is 0.125. The molecular weight excluding hydrogens is 837 g/mol. The molecule has 0 bridgehead atoms. The topological polar surface area (TPSA) is 197 Å². The third-order valence-corrected chi connectivity index (χ3v) is 15.0. The maximum atomic E-state index is 14.7. The maximum Gasteiger partial charge on any atom is 0.309 e. The Labute approximate surface area is 389 Å². The fourth-order valence-corrected chi connectivity index (χ4v) is 11.0. The van der Waals surface area contributed by atoms with E-state index in [1.807, 2.05) is 83.9 Å². The number of rotatable bonds is 14. The zero-order valence-corrected chi connectivity index (χ0v) is 41.7. The van der Waals surface area contributed by atoms with Crippen LogP contribution in [0.5, 0.6) is 0 Å². The summed E-state index contributed by atoms with van der Waals surface area (Å²) in [5.74, 6) is -3.41. The van der Waals surface area contributed by atoms with Gasteiger partial charge in [-0.05, 0) is 112 Å². The third kappa shape index (κ3) is 13.9. The van der Waals surface area contributed by atoms with Gasteiger partial charge < -0.3 is 58.9 Å². The van der Waals surface area contributed by atoms with E-state index >= 15 is 0 Å². The Balaban J connectivity index is 1.72. The van der Waals surface area contributed by atoms with Crippen molar-refractivity contribution in [1.82, 2.24) is 9.80 Å². The van der Waals surface area contributed by atoms with Gasteiger partial charge in [0.15, 0.2) is 6.29 Å². The number of hydrogen-bond donors (Lipinski definition) is 5. The van der Waals surface area contributed by atoms with Crippen LogP contribution in [0.4, 0.5) is 0 Å². The molecule has 3 heterocycles. The first-order chi connectivity index (χ1) is 30.4. The van der Waals surface area contributed by atoms with Crippen LogP contribution >= 0.6 is 0 Å². The first-order valence-electron chi connectivity index (χ1n) is 24.2. The van der Waals surface area contributed by atoms with E-state index in [-0.39, 0.29) is 56.3 Å². The van der Waals surface area contributed by atoms with E-state index in [0.29, 0.717) is 38.8 Å². The monoisotopic (exact) mass is 923 g/mol. The highest BCUT2D eigenvalue weighted by atomic mass is 16.7.